The Kier molecular flexibility index (Phi) is 9.61. The lowest BCUT2D eigenvalue weighted by Gasteiger charge is -2.32. The summed E-state index contributed by atoms with van der Waals surface area (Å²) in [7, 11) is 0. The summed E-state index contributed by atoms with van der Waals surface area (Å²) >= 11 is 0. The molecule has 3 aliphatic heterocycles. The van der Waals surface area contributed by atoms with Crippen LogP contribution in [0, 0.1) is 0 Å². The highest BCUT2D eigenvalue weighted by molar-refractivity contribution is 6.23. The molecule has 0 bridgehead atoms. The van der Waals surface area contributed by atoms with Gasteiger partial charge in [0.15, 0.2) is 5.82 Å². The number of anilines is 1. The summed E-state index contributed by atoms with van der Waals surface area (Å²) in [5.41, 5.74) is 4.77. The Balaban J connectivity index is 0.790. The molecule has 4 heterocycles. The van der Waals surface area contributed by atoms with Crippen LogP contribution in [-0.2, 0) is 27.3 Å². The number of nitrogens with one attached hydrogen (secondary N) is 3. The van der Waals surface area contributed by atoms with Crippen LogP contribution in [0.4, 0.5) is 5.82 Å². The smallest absolute Gasteiger partial charge is 0.262 e. The summed E-state index contributed by atoms with van der Waals surface area (Å²) in [5.74, 6) is -0.0786. The van der Waals surface area contributed by atoms with Crippen LogP contribution in [0.25, 0.3) is 0 Å². The third-order valence-electron chi connectivity index (χ3n) is 11.1. The normalized spacial score (nSPS) is 22.2. The molecule has 8 rings (SSSR count). The second-order valence-corrected chi connectivity index (χ2v) is 14.6. The lowest BCUT2D eigenvalue weighted by molar-refractivity contribution is -0.136. The molecule has 3 fully saturated rings. The van der Waals surface area contributed by atoms with Crippen molar-refractivity contribution in [1.82, 2.24) is 25.3 Å². The molecule has 1 unspecified atom stereocenters. The summed E-state index contributed by atoms with van der Waals surface area (Å²) in [6, 6.07) is 24.5. The van der Waals surface area contributed by atoms with Gasteiger partial charge in [-0.25, -0.2) is 0 Å². The molecule has 4 aliphatic rings. The number of carbonyl (C=O) groups excluding carboxylic acids is 5. The lowest BCUT2D eigenvalue weighted by Crippen LogP contribution is -2.54. The quantitative estimate of drug-likeness (QED) is 0.192. The van der Waals surface area contributed by atoms with Crippen molar-refractivity contribution in [3.05, 3.63) is 112 Å². The van der Waals surface area contributed by atoms with Gasteiger partial charge in [0.25, 0.3) is 11.8 Å². The van der Waals surface area contributed by atoms with E-state index >= 15 is 0 Å². The maximum Gasteiger partial charge on any atom is 0.262 e. The first-order chi connectivity index (χ1) is 25.8. The fourth-order valence-electron chi connectivity index (χ4n) is 8.19. The van der Waals surface area contributed by atoms with Crippen LogP contribution in [0.3, 0.4) is 0 Å². The van der Waals surface area contributed by atoms with Crippen LogP contribution >= 0.6 is 0 Å². The molecule has 272 valence electrons. The number of likely N-dealkylation sites (tertiary alicyclic amines) is 1. The lowest BCUT2D eigenvalue weighted by atomic mass is 9.87. The van der Waals surface area contributed by atoms with Crippen molar-refractivity contribution in [3.8, 4) is 5.75 Å². The van der Waals surface area contributed by atoms with Gasteiger partial charge in [0.2, 0.25) is 17.7 Å². The highest BCUT2D eigenvalue weighted by atomic mass is 16.5. The zero-order chi connectivity index (χ0) is 36.5. The molecule has 1 aliphatic carbocycles. The predicted octanol–water partition coefficient (Wildman–Crippen LogP) is 5.09. The molecule has 5 amide bonds. The first kappa shape index (κ1) is 34.5. The monoisotopic (exact) mass is 714 g/mol. The predicted molar refractivity (Wildman–Crippen MR) is 195 cm³/mol. The zero-order valence-corrected chi connectivity index (χ0v) is 29.4. The number of imide groups is 2. The Labute approximate surface area is 307 Å². The van der Waals surface area contributed by atoms with Crippen molar-refractivity contribution in [3.63, 3.8) is 0 Å². The number of rotatable bonds is 10. The van der Waals surface area contributed by atoms with Crippen LogP contribution in [0.1, 0.15) is 99.9 Å². The van der Waals surface area contributed by atoms with Gasteiger partial charge in [0.1, 0.15) is 11.8 Å². The van der Waals surface area contributed by atoms with Crippen LogP contribution in [0.5, 0.6) is 5.75 Å². The Morgan fingerprint density at radius 1 is 0.811 bits per heavy atom. The molecule has 4 aromatic rings. The third-order valence-corrected chi connectivity index (χ3v) is 11.1. The van der Waals surface area contributed by atoms with Gasteiger partial charge in [0, 0.05) is 30.6 Å². The molecular formula is C41H42N6O6. The van der Waals surface area contributed by atoms with Gasteiger partial charge in [-0.1, -0.05) is 48.5 Å². The number of para-hydroxylation sites is 1. The van der Waals surface area contributed by atoms with Crippen molar-refractivity contribution >= 4 is 35.4 Å². The molecule has 1 aromatic heterocycles. The second-order valence-electron chi connectivity index (χ2n) is 14.6. The van der Waals surface area contributed by atoms with Gasteiger partial charge < -0.3 is 10.1 Å². The molecule has 3 atom stereocenters. The van der Waals surface area contributed by atoms with Crippen LogP contribution in [0.2, 0.25) is 0 Å². The number of H-pyrrole nitrogens is 1. The number of aromatic nitrogens is 2. The van der Waals surface area contributed by atoms with E-state index in [1.54, 1.807) is 6.07 Å². The number of benzene rings is 3. The molecule has 3 N–H and O–H groups in total. The van der Waals surface area contributed by atoms with Crippen molar-refractivity contribution in [2.24, 2.45) is 0 Å². The van der Waals surface area contributed by atoms with E-state index in [1.807, 2.05) is 60.7 Å². The van der Waals surface area contributed by atoms with E-state index in [4.69, 9.17) is 4.74 Å². The summed E-state index contributed by atoms with van der Waals surface area (Å²) in [4.78, 5) is 66.7. The fraction of sp³-hybridized carbons (Fsp3) is 0.366. The fourth-order valence-corrected chi connectivity index (χ4v) is 8.19. The number of ether oxygens (including phenoxy) is 1. The molecule has 53 heavy (non-hydrogen) atoms. The molecule has 0 spiro atoms. The second kappa shape index (κ2) is 14.8. The highest BCUT2D eigenvalue weighted by Crippen LogP contribution is 2.37. The van der Waals surface area contributed by atoms with E-state index < -0.39 is 29.7 Å². The average molecular weight is 715 g/mol. The number of aromatic amines is 1. The average Bonchev–Trinajstić information content (AvgIpc) is 3.88. The topological polar surface area (TPSA) is 154 Å². The number of fused-ring (bicyclic) bond motifs is 1. The van der Waals surface area contributed by atoms with E-state index in [-0.39, 0.29) is 37.2 Å². The van der Waals surface area contributed by atoms with Crippen LogP contribution in [-0.4, -0.2) is 74.8 Å². The minimum Gasteiger partial charge on any atom is -0.490 e. The van der Waals surface area contributed by atoms with Gasteiger partial charge in [-0.05, 0) is 98.5 Å². The Morgan fingerprint density at radius 3 is 2.34 bits per heavy atom. The molecule has 3 aromatic carbocycles. The number of hydrogen-bond acceptors (Lipinski definition) is 8. The van der Waals surface area contributed by atoms with Crippen molar-refractivity contribution in [1.29, 1.82) is 0 Å². The highest BCUT2D eigenvalue weighted by Gasteiger charge is 2.45. The number of piperidine rings is 2. The summed E-state index contributed by atoms with van der Waals surface area (Å²) < 4.78 is 6.14. The van der Waals surface area contributed by atoms with E-state index in [2.05, 4.69) is 37.9 Å². The number of nitrogens with zero attached hydrogens (tertiary/aromatic N) is 3. The summed E-state index contributed by atoms with van der Waals surface area (Å²) in [5, 5.41) is 12.6. The number of hydrogen-bond donors (Lipinski definition) is 3. The molecule has 0 radical (unpaired) electrons. The van der Waals surface area contributed by atoms with Crippen LogP contribution < -0.4 is 15.4 Å². The summed E-state index contributed by atoms with van der Waals surface area (Å²) in [6.45, 7) is 2.56. The number of amides is 5. The Bertz CT molecular complexity index is 2040. The van der Waals surface area contributed by atoms with Gasteiger partial charge in [-0.3, -0.25) is 44.2 Å². The van der Waals surface area contributed by atoms with E-state index in [0.29, 0.717) is 22.9 Å². The van der Waals surface area contributed by atoms with E-state index in [9.17, 15) is 24.0 Å². The molecule has 2 saturated heterocycles. The minimum absolute atomic E-state index is 0.0941. The number of carbonyl (C=O) groups is 5. The summed E-state index contributed by atoms with van der Waals surface area (Å²) in [6.07, 6.45) is 5.37. The Morgan fingerprint density at radius 2 is 1.57 bits per heavy atom. The molecule has 12 heteroatoms. The molecule has 12 nitrogen and oxygen atoms in total. The van der Waals surface area contributed by atoms with Crippen LogP contribution in [0.15, 0.2) is 78.9 Å². The van der Waals surface area contributed by atoms with E-state index in [1.165, 1.54) is 5.56 Å². The largest absolute Gasteiger partial charge is 0.490 e. The molecule has 1 saturated carbocycles. The minimum atomic E-state index is -0.967. The maximum absolute atomic E-state index is 13.3. The Hall–Kier alpha value is -5.62. The first-order valence-electron chi connectivity index (χ1n) is 18.5. The standard InChI is InChI=1S/C41H42N6O6/c48-37-15-14-35(39(50)43-37)47-40(51)32-13-11-28(22-33(32)41(47)52)27-16-18-46(19-17-27)24-26-8-6-25(7-9-26)20-38(49)42-36-23-34(44-45-36)29-10-12-31(21-29)53-30-4-2-1-3-5-30/h1-9,11,13,22-23,27,29,31,35H,10,12,14-21,24H2,(H,43,48,50)(H2,42,44,45,49)/t29-,31+,35?/m0/s1. The first-order valence-corrected chi connectivity index (χ1v) is 18.5. The van der Waals surface area contributed by atoms with E-state index in [0.717, 1.165) is 79.2 Å². The molecular weight excluding hydrogens is 672 g/mol. The third kappa shape index (κ3) is 7.50. The van der Waals surface area contributed by atoms with Gasteiger partial charge in [-0.2, -0.15) is 5.10 Å². The van der Waals surface area contributed by atoms with Gasteiger partial charge in [0.05, 0.1) is 23.7 Å². The SMILES string of the molecule is O=C1CCC(N2C(=O)c3ccc(C4CCN(Cc5ccc(CC(=O)Nc6cc([C@H]7CC[C@@H](Oc8ccccc8)C7)[nH]n6)cc5)CC4)cc3C2=O)C(=O)N1. The van der Waals surface area contributed by atoms with Crippen molar-refractivity contribution < 1.29 is 28.7 Å². The van der Waals surface area contributed by atoms with Crippen molar-refractivity contribution in [2.75, 3.05) is 18.4 Å². The van der Waals surface area contributed by atoms with Crippen molar-refractivity contribution in [2.45, 2.75) is 81.9 Å². The van der Waals surface area contributed by atoms with Gasteiger partial charge >= 0.3 is 0 Å². The zero-order valence-electron chi connectivity index (χ0n) is 29.4. The van der Waals surface area contributed by atoms with Gasteiger partial charge in [-0.15, -0.1) is 0 Å². The maximum atomic E-state index is 13.3.